The van der Waals surface area contributed by atoms with E-state index >= 15 is 0 Å². The molecule has 1 aliphatic heterocycles. The van der Waals surface area contributed by atoms with Crippen LogP contribution >= 0.6 is 0 Å². The number of methoxy groups -OCH3 is 1. The van der Waals surface area contributed by atoms with Crippen molar-refractivity contribution >= 4 is 5.91 Å². The molecule has 3 aromatic heterocycles. The molecule has 1 saturated heterocycles. The average Bonchev–Trinajstić information content (AvgIpc) is 3.37. The summed E-state index contributed by atoms with van der Waals surface area (Å²) in [6.45, 7) is 0.501. The van der Waals surface area contributed by atoms with Crippen molar-refractivity contribution in [1.29, 1.82) is 0 Å². The zero-order valence-corrected chi connectivity index (χ0v) is 14.5. The van der Waals surface area contributed by atoms with Crippen molar-refractivity contribution in [2.45, 2.75) is 18.9 Å². The fourth-order valence-electron chi connectivity index (χ4n) is 3.04. The number of carbonyl (C=O) groups is 1. The van der Waals surface area contributed by atoms with E-state index in [9.17, 15) is 9.59 Å². The predicted octanol–water partition coefficient (Wildman–Crippen LogP) is 2.07. The quantitative estimate of drug-likeness (QED) is 0.688. The van der Waals surface area contributed by atoms with Gasteiger partial charge in [0.1, 0.15) is 18.0 Å². The Kier molecular flexibility index (Phi) is 4.41. The van der Waals surface area contributed by atoms with Crippen LogP contribution in [0.2, 0.25) is 0 Å². The lowest BCUT2D eigenvalue weighted by atomic mass is 10.2. The normalized spacial score (nSPS) is 16.5. The van der Waals surface area contributed by atoms with Crippen LogP contribution in [0.25, 0.3) is 11.5 Å². The van der Waals surface area contributed by atoms with Gasteiger partial charge in [-0.05, 0) is 25.0 Å². The Hall–Kier alpha value is -3.49. The largest absolute Gasteiger partial charge is 0.490 e. The van der Waals surface area contributed by atoms with Gasteiger partial charge in [0.2, 0.25) is 22.9 Å². The van der Waals surface area contributed by atoms with Crippen molar-refractivity contribution < 1.29 is 18.5 Å². The topological polar surface area (TPSA) is 112 Å². The molecule has 1 amide bonds. The summed E-state index contributed by atoms with van der Waals surface area (Å²) in [5, 5.41) is 3.96. The second kappa shape index (κ2) is 7.02. The molecule has 0 aromatic carbocycles. The second-order valence-electron chi connectivity index (χ2n) is 6.00. The Bertz CT molecular complexity index is 1010. The summed E-state index contributed by atoms with van der Waals surface area (Å²) in [5.74, 6) is 0.270. The third-order valence-corrected chi connectivity index (χ3v) is 4.36. The first kappa shape index (κ1) is 17.0. The van der Waals surface area contributed by atoms with Gasteiger partial charge < -0.3 is 18.6 Å². The lowest BCUT2D eigenvalue weighted by molar-refractivity contribution is 0.0674. The van der Waals surface area contributed by atoms with Crippen LogP contribution in [0.15, 0.2) is 50.5 Å². The molecule has 3 aromatic rings. The fraction of sp³-hybridized carbons (Fsp3) is 0.278. The van der Waals surface area contributed by atoms with Gasteiger partial charge in [-0.2, -0.15) is 4.98 Å². The molecular weight excluding hydrogens is 352 g/mol. The van der Waals surface area contributed by atoms with Crippen molar-refractivity contribution in [1.82, 2.24) is 20.0 Å². The summed E-state index contributed by atoms with van der Waals surface area (Å²) in [5.41, 5.74) is 0.169. The van der Waals surface area contributed by atoms with Crippen LogP contribution in [0.1, 0.15) is 35.3 Å². The lowest BCUT2D eigenvalue weighted by Crippen LogP contribution is -2.31. The number of aromatic nitrogens is 3. The van der Waals surface area contributed by atoms with E-state index in [0.717, 1.165) is 18.8 Å². The number of amides is 1. The highest BCUT2D eigenvalue weighted by atomic mass is 16.5. The maximum atomic E-state index is 12.8. The van der Waals surface area contributed by atoms with E-state index in [1.165, 1.54) is 7.11 Å². The minimum atomic E-state index is -0.418. The van der Waals surface area contributed by atoms with Crippen molar-refractivity contribution in [2.75, 3.05) is 13.7 Å². The van der Waals surface area contributed by atoms with Crippen LogP contribution in [-0.4, -0.2) is 39.6 Å². The maximum absolute atomic E-state index is 12.8. The van der Waals surface area contributed by atoms with Gasteiger partial charge in [-0.25, -0.2) is 0 Å². The third kappa shape index (κ3) is 3.19. The van der Waals surface area contributed by atoms with Crippen LogP contribution in [0.4, 0.5) is 0 Å². The summed E-state index contributed by atoms with van der Waals surface area (Å²) in [6.07, 6.45) is 4.23. The number of hydrogen-bond donors (Lipinski definition) is 0. The zero-order chi connectivity index (χ0) is 18.8. The van der Waals surface area contributed by atoms with Crippen LogP contribution in [0.5, 0.6) is 5.75 Å². The van der Waals surface area contributed by atoms with E-state index in [-0.39, 0.29) is 17.6 Å². The smallest absolute Gasteiger partial charge is 0.290 e. The van der Waals surface area contributed by atoms with Crippen LogP contribution in [-0.2, 0) is 0 Å². The van der Waals surface area contributed by atoms with E-state index in [2.05, 4.69) is 15.1 Å². The SMILES string of the molecule is COc1coc(C(=O)N2CCC[C@@H]2c2nc(-c3ccccn3)no2)cc1=O. The molecule has 0 spiro atoms. The van der Waals surface area contributed by atoms with E-state index in [4.69, 9.17) is 13.7 Å². The molecule has 27 heavy (non-hydrogen) atoms. The highest BCUT2D eigenvalue weighted by molar-refractivity contribution is 5.91. The molecule has 0 unspecified atom stereocenters. The second-order valence-corrected chi connectivity index (χ2v) is 6.00. The van der Waals surface area contributed by atoms with Gasteiger partial charge >= 0.3 is 0 Å². The van der Waals surface area contributed by atoms with Crippen molar-refractivity contribution in [3.8, 4) is 17.3 Å². The molecule has 0 bridgehead atoms. The Balaban J connectivity index is 1.59. The average molecular weight is 368 g/mol. The minimum Gasteiger partial charge on any atom is -0.490 e. The summed E-state index contributed by atoms with van der Waals surface area (Å²) >= 11 is 0. The Labute approximate surface area is 153 Å². The molecule has 9 nitrogen and oxygen atoms in total. The highest BCUT2D eigenvalue weighted by Gasteiger charge is 2.35. The molecule has 4 heterocycles. The Morgan fingerprint density at radius 2 is 2.26 bits per heavy atom. The van der Waals surface area contributed by atoms with Gasteiger partial charge in [-0.1, -0.05) is 11.2 Å². The van der Waals surface area contributed by atoms with Crippen LogP contribution in [0, 0.1) is 0 Å². The molecule has 4 rings (SSSR count). The van der Waals surface area contributed by atoms with Gasteiger partial charge in [0.15, 0.2) is 5.76 Å². The molecule has 138 valence electrons. The van der Waals surface area contributed by atoms with Gasteiger partial charge in [0, 0.05) is 18.8 Å². The first-order valence-corrected chi connectivity index (χ1v) is 8.40. The molecule has 0 saturated carbocycles. The summed E-state index contributed by atoms with van der Waals surface area (Å²) < 4.78 is 15.5. The van der Waals surface area contributed by atoms with E-state index in [1.54, 1.807) is 23.2 Å². The molecule has 1 fully saturated rings. The molecule has 1 atom stereocenters. The summed E-state index contributed by atoms with van der Waals surface area (Å²) in [6, 6.07) is 6.15. The van der Waals surface area contributed by atoms with Crippen molar-refractivity contribution in [2.24, 2.45) is 0 Å². The minimum absolute atomic E-state index is 0.0430. The van der Waals surface area contributed by atoms with E-state index < -0.39 is 11.3 Å². The molecule has 0 aliphatic carbocycles. The molecule has 1 aliphatic rings. The van der Waals surface area contributed by atoms with Crippen molar-refractivity contribution in [3.05, 3.63) is 58.6 Å². The number of pyridine rings is 1. The number of ether oxygens (including phenoxy) is 1. The standard InChI is InChI=1S/C18H16N4O5/c1-25-15-10-26-14(9-13(15)23)18(24)22-8-4-6-12(22)17-20-16(21-27-17)11-5-2-3-7-19-11/h2-3,5,7,9-10,12H,4,6,8H2,1H3/t12-/m1/s1. The van der Waals surface area contributed by atoms with E-state index in [0.29, 0.717) is 30.4 Å². The first-order valence-electron chi connectivity index (χ1n) is 8.40. The molecule has 9 heteroatoms. The van der Waals surface area contributed by atoms with Gasteiger partial charge in [-0.3, -0.25) is 14.6 Å². The lowest BCUT2D eigenvalue weighted by Gasteiger charge is -2.20. The predicted molar refractivity (Wildman–Crippen MR) is 92.1 cm³/mol. The highest BCUT2D eigenvalue weighted by Crippen LogP contribution is 2.33. The molecule has 0 radical (unpaired) electrons. The molecule has 0 N–H and O–H groups in total. The number of carbonyl (C=O) groups excluding carboxylic acids is 1. The monoisotopic (exact) mass is 368 g/mol. The zero-order valence-electron chi connectivity index (χ0n) is 14.5. The number of nitrogens with zero attached hydrogens (tertiary/aromatic N) is 4. The van der Waals surface area contributed by atoms with Crippen LogP contribution in [0.3, 0.4) is 0 Å². The van der Waals surface area contributed by atoms with Crippen LogP contribution < -0.4 is 10.2 Å². The summed E-state index contributed by atoms with van der Waals surface area (Å²) in [4.78, 5) is 34.9. The first-order chi connectivity index (χ1) is 13.2. The van der Waals surface area contributed by atoms with E-state index in [1.807, 2.05) is 6.07 Å². The number of rotatable bonds is 4. The Morgan fingerprint density at radius 3 is 3.00 bits per heavy atom. The van der Waals surface area contributed by atoms with Gasteiger partial charge in [-0.15, -0.1) is 0 Å². The molecular formula is C18H16N4O5. The third-order valence-electron chi connectivity index (χ3n) is 4.36. The van der Waals surface area contributed by atoms with Crippen molar-refractivity contribution in [3.63, 3.8) is 0 Å². The maximum Gasteiger partial charge on any atom is 0.290 e. The van der Waals surface area contributed by atoms with Gasteiger partial charge in [0.05, 0.1) is 7.11 Å². The number of hydrogen-bond acceptors (Lipinski definition) is 8. The number of likely N-dealkylation sites (tertiary alicyclic amines) is 1. The Morgan fingerprint density at radius 1 is 1.37 bits per heavy atom. The summed E-state index contributed by atoms with van der Waals surface area (Å²) in [7, 11) is 1.36. The van der Waals surface area contributed by atoms with Gasteiger partial charge in [0.25, 0.3) is 5.91 Å². The fourth-order valence-corrected chi connectivity index (χ4v) is 3.04.